The normalized spacial score (nSPS) is 14.9. The summed E-state index contributed by atoms with van der Waals surface area (Å²) in [6.45, 7) is 4.81. The minimum atomic E-state index is -1.21. The van der Waals surface area contributed by atoms with E-state index in [4.69, 9.17) is 5.73 Å². The van der Waals surface area contributed by atoms with E-state index in [1.54, 1.807) is 20.8 Å². The van der Waals surface area contributed by atoms with Gasteiger partial charge in [0.1, 0.15) is 11.6 Å². The first-order valence-corrected chi connectivity index (χ1v) is 5.93. The van der Waals surface area contributed by atoms with Gasteiger partial charge >= 0.3 is 5.97 Å². The van der Waals surface area contributed by atoms with Crippen LogP contribution in [-0.2, 0) is 14.9 Å². The summed E-state index contributed by atoms with van der Waals surface area (Å²) in [4.78, 5) is 11.5. The summed E-state index contributed by atoms with van der Waals surface area (Å²) in [5, 5.41) is 0. The van der Waals surface area contributed by atoms with Crippen molar-refractivity contribution in [3.05, 3.63) is 35.4 Å². The fourth-order valence-electron chi connectivity index (χ4n) is 2.02. The van der Waals surface area contributed by atoms with Gasteiger partial charge < -0.3 is 10.5 Å². The molecule has 106 valence electrons. The number of nitrogens with two attached hydrogens (primary N) is 1. The molecule has 0 bridgehead atoms. The van der Waals surface area contributed by atoms with Gasteiger partial charge in [-0.15, -0.1) is 0 Å². The largest absolute Gasteiger partial charge is 0.469 e. The summed E-state index contributed by atoms with van der Waals surface area (Å²) in [7, 11) is 1.23. The van der Waals surface area contributed by atoms with Crippen LogP contribution in [0.4, 0.5) is 8.78 Å². The molecule has 0 aliphatic heterocycles. The highest BCUT2D eigenvalue weighted by molar-refractivity contribution is 5.71. The summed E-state index contributed by atoms with van der Waals surface area (Å²) in [6.07, 6.45) is -0.204. The maximum absolute atomic E-state index is 14.0. The SMILES string of the molecule is COC(=O)CC(C)(c1c(F)cccc1F)C(C)(C)N. The fourth-order valence-corrected chi connectivity index (χ4v) is 2.02. The van der Waals surface area contributed by atoms with Crippen molar-refractivity contribution in [2.45, 2.75) is 38.1 Å². The Morgan fingerprint density at radius 2 is 1.74 bits per heavy atom. The first-order chi connectivity index (χ1) is 8.63. The number of esters is 1. The van der Waals surface area contributed by atoms with Crippen molar-refractivity contribution in [1.82, 2.24) is 0 Å². The predicted molar refractivity (Wildman–Crippen MR) is 68.6 cm³/mol. The molecule has 1 rings (SSSR count). The summed E-state index contributed by atoms with van der Waals surface area (Å²) >= 11 is 0. The molecule has 0 radical (unpaired) electrons. The van der Waals surface area contributed by atoms with E-state index in [0.717, 1.165) is 12.1 Å². The van der Waals surface area contributed by atoms with Crippen LogP contribution in [0.15, 0.2) is 18.2 Å². The van der Waals surface area contributed by atoms with Crippen LogP contribution in [0.1, 0.15) is 32.8 Å². The molecule has 19 heavy (non-hydrogen) atoms. The zero-order valence-corrected chi connectivity index (χ0v) is 11.6. The Balaban J connectivity index is 3.44. The van der Waals surface area contributed by atoms with Crippen molar-refractivity contribution in [2.75, 3.05) is 7.11 Å². The van der Waals surface area contributed by atoms with Gasteiger partial charge in [0.25, 0.3) is 0 Å². The number of ether oxygens (including phenoxy) is 1. The van der Waals surface area contributed by atoms with Gasteiger partial charge in [0, 0.05) is 16.5 Å². The number of halogens is 2. The lowest BCUT2D eigenvalue weighted by atomic mass is 9.66. The summed E-state index contributed by atoms with van der Waals surface area (Å²) in [5.74, 6) is -2.00. The van der Waals surface area contributed by atoms with Crippen LogP contribution < -0.4 is 5.73 Å². The molecule has 1 atom stereocenters. The molecule has 0 amide bonds. The smallest absolute Gasteiger partial charge is 0.306 e. The van der Waals surface area contributed by atoms with E-state index in [1.165, 1.54) is 13.2 Å². The Morgan fingerprint density at radius 3 is 2.11 bits per heavy atom. The topological polar surface area (TPSA) is 52.3 Å². The average Bonchev–Trinajstić information content (AvgIpc) is 2.26. The second-order valence-corrected chi connectivity index (χ2v) is 5.40. The summed E-state index contributed by atoms with van der Waals surface area (Å²) in [5.41, 5.74) is 3.64. The highest BCUT2D eigenvalue weighted by Crippen LogP contribution is 2.39. The van der Waals surface area contributed by atoms with Crippen LogP contribution in [0.5, 0.6) is 0 Å². The van der Waals surface area contributed by atoms with Gasteiger partial charge in [-0.25, -0.2) is 8.78 Å². The molecule has 0 saturated carbocycles. The molecule has 0 saturated heterocycles. The number of carbonyl (C=O) groups is 1. The Labute approximate surface area is 111 Å². The van der Waals surface area contributed by atoms with E-state index >= 15 is 0 Å². The maximum Gasteiger partial charge on any atom is 0.306 e. The molecule has 3 nitrogen and oxygen atoms in total. The van der Waals surface area contributed by atoms with Gasteiger partial charge in [-0.05, 0) is 26.0 Å². The van der Waals surface area contributed by atoms with E-state index in [-0.39, 0.29) is 12.0 Å². The van der Waals surface area contributed by atoms with Crippen molar-refractivity contribution >= 4 is 5.97 Å². The van der Waals surface area contributed by atoms with Crippen molar-refractivity contribution in [3.8, 4) is 0 Å². The molecule has 2 N–H and O–H groups in total. The van der Waals surface area contributed by atoms with E-state index in [0.29, 0.717) is 0 Å². The molecule has 0 fully saturated rings. The number of methoxy groups -OCH3 is 1. The molecule has 1 aromatic rings. The third kappa shape index (κ3) is 2.92. The van der Waals surface area contributed by atoms with Crippen molar-refractivity contribution in [1.29, 1.82) is 0 Å². The van der Waals surface area contributed by atoms with Crippen LogP contribution >= 0.6 is 0 Å². The molecular weight excluding hydrogens is 252 g/mol. The zero-order valence-electron chi connectivity index (χ0n) is 11.6. The van der Waals surface area contributed by atoms with E-state index in [9.17, 15) is 13.6 Å². The van der Waals surface area contributed by atoms with Crippen molar-refractivity contribution in [2.24, 2.45) is 5.73 Å². The Bertz CT molecular complexity index is 463. The lowest BCUT2D eigenvalue weighted by Gasteiger charge is -2.41. The molecule has 1 unspecified atom stereocenters. The lowest BCUT2D eigenvalue weighted by Crippen LogP contribution is -2.54. The van der Waals surface area contributed by atoms with Crippen LogP contribution in [0, 0.1) is 11.6 Å². The molecule has 0 heterocycles. The third-order valence-corrected chi connectivity index (χ3v) is 3.66. The first kappa shape index (κ1) is 15.6. The van der Waals surface area contributed by atoms with Gasteiger partial charge in [0.05, 0.1) is 13.5 Å². The lowest BCUT2D eigenvalue weighted by molar-refractivity contribution is -0.142. The van der Waals surface area contributed by atoms with Crippen molar-refractivity contribution in [3.63, 3.8) is 0 Å². The second kappa shape index (κ2) is 5.25. The number of rotatable bonds is 4. The van der Waals surface area contributed by atoms with E-state index < -0.39 is 28.6 Å². The molecule has 0 aliphatic carbocycles. The van der Waals surface area contributed by atoms with Gasteiger partial charge in [-0.2, -0.15) is 0 Å². The minimum absolute atomic E-state index is 0.187. The third-order valence-electron chi connectivity index (χ3n) is 3.66. The summed E-state index contributed by atoms with van der Waals surface area (Å²) < 4.78 is 32.6. The fraction of sp³-hybridized carbons (Fsp3) is 0.500. The van der Waals surface area contributed by atoms with E-state index in [2.05, 4.69) is 4.74 Å². The minimum Gasteiger partial charge on any atom is -0.469 e. The number of hydrogen-bond acceptors (Lipinski definition) is 3. The van der Waals surface area contributed by atoms with Crippen LogP contribution in [-0.4, -0.2) is 18.6 Å². The molecule has 0 aromatic heterocycles. The number of carbonyl (C=O) groups excluding carboxylic acids is 1. The van der Waals surface area contributed by atoms with Crippen LogP contribution in [0.3, 0.4) is 0 Å². The quantitative estimate of drug-likeness (QED) is 0.856. The van der Waals surface area contributed by atoms with Gasteiger partial charge in [-0.1, -0.05) is 13.0 Å². The average molecular weight is 271 g/mol. The zero-order chi connectivity index (χ0) is 14.8. The van der Waals surface area contributed by atoms with Crippen LogP contribution in [0.2, 0.25) is 0 Å². The second-order valence-electron chi connectivity index (χ2n) is 5.40. The Kier molecular flexibility index (Phi) is 4.30. The molecule has 0 aliphatic rings. The highest BCUT2D eigenvalue weighted by atomic mass is 19.1. The molecule has 1 aromatic carbocycles. The van der Waals surface area contributed by atoms with E-state index in [1.807, 2.05) is 0 Å². The maximum atomic E-state index is 14.0. The first-order valence-electron chi connectivity index (χ1n) is 5.93. The van der Waals surface area contributed by atoms with Gasteiger partial charge in [0.2, 0.25) is 0 Å². The molecule has 5 heteroatoms. The van der Waals surface area contributed by atoms with Gasteiger partial charge in [-0.3, -0.25) is 4.79 Å². The highest BCUT2D eigenvalue weighted by Gasteiger charge is 2.45. The molecule has 0 spiro atoms. The Morgan fingerprint density at radius 1 is 1.26 bits per heavy atom. The Hall–Kier alpha value is -1.49. The van der Waals surface area contributed by atoms with Crippen LogP contribution in [0.25, 0.3) is 0 Å². The van der Waals surface area contributed by atoms with Gasteiger partial charge in [0.15, 0.2) is 0 Å². The molecular formula is C14H19F2NO2. The monoisotopic (exact) mass is 271 g/mol. The number of hydrogen-bond donors (Lipinski definition) is 1. The predicted octanol–water partition coefficient (Wildman–Crippen LogP) is 2.52. The number of benzene rings is 1. The standard InChI is InChI=1S/C14H19F2NO2/c1-13(2,17)14(3,8-11(18)19-4)12-9(15)6-5-7-10(12)16/h5-7H,8,17H2,1-4H3. The summed E-state index contributed by atoms with van der Waals surface area (Å²) in [6, 6.07) is 3.58. The van der Waals surface area contributed by atoms with Crippen molar-refractivity contribution < 1.29 is 18.3 Å².